The molecule has 0 atom stereocenters. The number of hydrogen-bond acceptors (Lipinski definition) is 3. The topological polar surface area (TPSA) is 70.7 Å². The second-order valence-corrected chi connectivity index (χ2v) is 4.18. The van der Waals surface area contributed by atoms with E-state index in [2.05, 4.69) is 20.3 Å². The van der Waals surface area contributed by atoms with Crippen molar-refractivity contribution < 1.29 is 4.79 Å². The molecule has 0 fully saturated rings. The molecule has 0 spiro atoms. The normalized spacial score (nSPS) is 9.52. The summed E-state index contributed by atoms with van der Waals surface area (Å²) in [5, 5.41) is 3.93. The number of nitrogens with one attached hydrogen (secondary N) is 2. The van der Waals surface area contributed by atoms with Crippen molar-refractivity contribution in [2.45, 2.75) is 6.54 Å². The molecular formula is C14H14Cl2N4O. The smallest absolute Gasteiger partial charge is 0.253 e. The highest BCUT2D eigenvalue weighted by molar-refractivity contribution is 5.93. The van der Waals surface area contributed by atoms with E-state index >= 15 is 0 Å². The summed E-state index contributed by atoms with van der Waals surface area (Å²) in [7, 11) is 0. The lowest BCUT2D eigenvalue weighted by atomic mass is 10.2. The molecule has 0 aromatic carbocycles. The Bertz CT molecular complexity index is 682. The number of aromatic amines is 1. The number of H-pyrrole nitrogens is 1. The summed E-state index contributed by atoms with van der Waals surface area (Å²) in [5.41, 5.74) is 2.47. The van der Waals surface area contributed by atoms with Crippen LogP contribution in [0.15, 0.2) is 49.1 Å². The van der Waals surface area contributed by atoms with E-state index < -0.39 is 0 Å². The zero-order valence-electron chi connectivity index (χ0n) is 10.9. The van der Waals surface area contributed by atoms with Gasteiger partial charge in [-0.05, 0) is 24.3 Å². The lowest BCUT2D eigenvalue weighted by molar-refractivity contribution is 0.0950. The van der Waals surface area contributed by atoms with Gasteiger partial charge in [0.1, 0.15) is 0 Å². The number of amides is 1. The van der Waals surface area contributed by atoms with Crippen LogP contribution in [-0.2, 0) is 6.54 Å². The van der Waals surface area contributed by atoms with E-state index in [1.807, 2.05) is 12.1 Å². The maximum Gasteiger partial charge on any atom is 0.253 e. The summed E-state index contributed by atoms with van der Waals surface area (Å²) in [6, 6.07) is 7.40. The minimum Gasteiger partial charge on any atom is -0.356 e. The average molecular weight is 325 g/mol. The van der Waals surface area contributed by atoms with Gasteiger partial charge in [-0.15, -0.1) is 24.8 Å². The van der Waals surface area contributed by atoms with E-state index in [1.54, 1.807) is 36.9 Å². The van der Waals surface area contributed by atoms with Crippen LogP contribution in [0.1, 0.15) is 16.1 Å². The summed E-state index contributed by atoms with van der Waals surface area (Å²) < 4.78 is 0. The van der Waals surface area contributed by atoms with Gasteiger partial charge < -0.3 is 10.3 Å². The van der Waals surface area contributed by atoms with Crippen molar-refractivity contribution in [1.82, 2.24) is 20.3 Å². The SMILES string of the molecule is Cl.Cl.O=C(NCc1cc2ccncc2[nH]1)c1cccnc1. The largest absolute Gasteiger partial charge is 0.356 e. The van der Waals surface area contributed by atoms with Crippen LogP contribution in [0.25, 0.3) is 10.9 Å². The van der Waals surface area contributed by atoms with Crippen LogP contribution in [0.2, 0.25) is 0 Å². The number of halogens is 2. The summed E-state index contributed by atoms with van der Waals surface area (Å²) >= 11 is 0. The highest BCUT2D eigenvalue weighted by atomic mass is 35.5. The molecule has 0 aliphatic rings. The molecule has 0 bridgehead atoms. The van der Waals surface area contributed by atoms with Crippen LogP contribution < -0.4 is 5.32 Å². The van der Waals surface area contributed by atoms with Crippen molar-refractivity contribution >= 4 is 41.6 Å². The standard InChI is InChI=1S/C14H12N4O.2ClH/c19-14(11-2-1-4-15-7-11)17-8-12-6-10-3-5-16-9-13(10)18-12;;/h1-7,9,18H,8H2,(H,17,19);2*1H. The first-order chi connectivity index (χ1) is 9.33. The fraction of sp³-hybridized carbons (Fsp3) is 0.0714. The van der Waals surface area contributed by atoms with Crippen LogP contribution in [-0.4, -0.2) is 20.9 Å². The van der Waals surface area contributed by atoms with Crippen LogP contribution in [0.5, 0.6) is 0 Å². The first-order valence-corrected chi connectivity index (χ1v) is 5.93. The predicted molar refractivity (Wildman–Crippen MR) is 86.0 cm³/mol. The maximum absolute atomic E-state index is 11.9. The first-order valence-electron chi connectivity index (χ1n) is 5.93. The van der Waals surface area contributed by atoms with Crippen LogP contribution in [0.4, 0.5) is 0 Å². The highest BCUT2D eigenvalue weighted by Gasteiger charge is 2.06. The maximum atomic E-state index is 11.9. The summed E-state index contributed by atoms with van der Waals surface area (Å²) in [6.07, 6.45) is 6.70. The van der Waals surface area contributed by atoms with Gasteiger partial charge in [-0.1, -0.05) is 0 Å². The van der Waals surface area contributed by atoms with Crippen molar-refractivity contribution in [3.05, 3.63) is 60.3 Å². The Morgan fingerprint density at radius 3 is 2.67 bits per heavy atom. The Morgan fingerprint density at radius 1 is 1.14 bits per heavy atom. The molecule has 3 aromatic heterocycles. The Labute approximate surface area is 134 Å². The van der Waals surface area contributed by atoms with E-state index in [4.69, 9.17) is 0 Å². The zero-order chi connectivity index (χ0) is 13.1. The molecule has 3 heterocycles. The molecule has 0 aliphatic carbocycles. The average Bonchev–Trinajstić information content (AvgIpc) is 2.88. The highest BCUT2D eigenvalue weighted by Crippen LogP contribution is 2.13. The second-order valence-electron chi connectivity index (χ2n) is 4.18. The fourth-order valence-corrected chi connectivity index (χ4v) is 1.90. The van der Waals surface area contributed by atoms with Gasteiger partial charge in [0, 0.05) is 29.7 Å². The molecular weight excluding hydrogens is 311 g/mol. The predicted octanol–water partition coefficient (Wildman–Crippen LogP) is 2.73. The number of aromatic nitrogens is 3. The third-order valence-corrected chi connectivity index (χ3v) is 2.84. The molecule has 0 unspecified atom stereocenters. The summed E-state index contributed by atoms with van der Waals surface area (Å²) in [6.45, 7) is 0.447. The van der Waals surface area contributed by atoms with Gasteiger partial charge in [0.15, 0.2) is 0 Å². The number of fused-ring (bicyclic) bond motifs is 1. The quantitative estimate of drug-likeness (QED) is 0.778. The van der Waals surface area contributed by atoms with Gasteiger partial charge in [0.2, 0.25) is 0 Å². The number of rotatable bonds is 3. The molecule has 110 valence electrons. The molecule has 3 rings (SSSR count). The molecule has 0 radical (unpaired) electrons. The van der Waals surface area contributed by atoms with Crippen molar-refractivity contribution in [1.29, 1.82) is 0 Å². The minimum atomic E-state index is -0.134. The fourth-order valence-electron chi connectivity index (χ4n) is 1.90. The van der Waals surface area contributed by atoms with Gasteiger partial charge >= 0.3 is 0 Å². The number of hydrogen-bond donors (Lipinski definition) is 2. The van der Waals surface area contributed by atoms with Crippen molar-refractivity contribution in [3.8, 4) is 0 Å². The van der Waals surface area contributed by atoms with Crippen LogP contribution in [0.3, 0.4) is 0 Å². The minimum absolute atomic E-state index is 0. The molecule has 0 saturated heterocycles. The molecule has 5 nitrogen and oxygen atoms in total. The lowest BCUT2D eigenvalue weighted by Crippen LogP contribution is -2.22. The monoisotopic (exact) mass is 324 g/mol. The molecule has 1 amide bonds. The Morgan fingerprint density at radius 2 is 1.95 bits per heavy atom. The van der Waals surface area contributed by atoms with E-state index in [9.17, 15) is 4.79 Å². The van der Waals surface area contributed by atoms with Gasteiger partial charge in [0.25, 0.3) is 5.91 Å². The second kappa shape index (κ2) is 7.61. The van der Waals surface area contributed by atoms with Crippen LogP contribution >= 0.6 is 24.8 Å². The zero-order valence-corrected chi connectivity index (χ0v) is 12.6. The number of carbonyl (C=O) groups excluding carboxylic acids is 1. The third kappa shape index (κ3) is 3.93. The molecule has 2 N–H and O–H groups in total. The lowest BCUT2D eigenvalue weighted by Gasteiger charge is -2.02. The van der Waals surface area contributed by atoms with Gasteiger partial charge in [-0.25, -0.2) is 0 Å². The molecule has 0 aliphatic heterocycles. The molecule has 7 heteroatoms. The third-order valence-electron chi connectivity index (χ3n) is 2.84. The Hall–Kier alpha value is -2.11. The summed E-state index contributed by atoms with van der Waals surface area (Å²) in [5.74, 6) is -0.134. The molecule has 21 heavy (non-hydrogen) atoms. The van der Waals surface area contributed by atoms with Gasteiger partial charge in [-0.2, -0.15) is 0 Å². The van der Waals surface area contributed by atoms with E-state index in [1.165, 1.54) is 0 Å². The van der Waals surface area contributed by atoms with Crippen molar-refractivity contribution in [2.75, 3.05) is 0 Å². The molecule has 3 aromatic rings. The van der Waals surface area contributed by atoms with Crippen molar-refractivity contribution in [2.24, 2.45) is 0 Å². The molecule has 0 saturated carbocycles. The Balaban J connectivity index is 0.00000110. The van der Waals surface area contributed by atoms with E-state index in [-0.39, 0.29) is 30.7 Å². The van der Waals surface area contributed by atoms with Crippen LogP contribution in [0, 0.1) is 0 Å². The first kappa shape index (κ1) is 16.9. The number of carbonyl (C=O) groups is 1. The number of pyridine rings is 2. The van der Waals surface area contributed by atoms with Gasteiger partial charge in [0.05, 0.1) is 23.8 Å². The van der Waals surface area contributed by atoms with E-state index in [0.717, 1.165) is 16.6 Å². The van der Waals surface area contributed by atoms with Crippen molar-refractivity contribution in [3.63, 3.8) is 0 Å². The van der Waals surface area contributed by atoms with E-state index in [0.29, 0.717) is 12.1 Å². The van der Waals surface area contributed by atoms with Gasteiger partial charge in [-0.3, -0.25) is 14.8 Å². The summed E-state index contributed by atoms with van der Waals surface area (Å²) in [4.78, 5) is 23.0. The Kier molecular flexibility index (Phi) is 6.14. The number of nitrogens with zero attached hydrogens (tertiary/aromatic N) is 2.